The summed E-state index contributed by atoms with van der Waals surface area (Å²) in [5.41, 5.74) is 5.21. The molecule has 2 N–H and O–H groups in total. The zero-order chi connectivity index (χ0) is 22.8. The fourth-order valence-electron chi connectivity index (χ4n) is 4.62. The number of rotatable bonds is 5. The highest BCUT2D eigenvalue weighted by molar-refractivity contribution is 6.33. The molecular weight excluding hydrogens is 455 g/mol. The van der Waals surface area contributed by atoms with Gasteiger partial charge in [-0.3, -0.25) is 0 Å². The number of aromatic nitrogens is 2. The fourth-order valence-corrected chi connectivity index (χ4v) is 5.00. The van der Waals surface area contributed by atoms with Crippen LogP contribution in [0.2, 0.25) is 10.0 Å². The van der Waals surface area contributed by atoms with E-state index in [0.29, 0.717) is 17.6 Å². The lowest BCUT2D eigenvalue weighted by atomic mass is 10.0. The molecule has 0 atom stereocenters. The molecule has 0 saturated carbocycles. The van der Waals surface area contributed by atoms with Gasteiger partial charge in [0.2, 0.25) is 0 Å². The monoisotopic (exact) mass is 482 g/mol. The minimum atomic E-state index is 0.629. The van der Waals surface area contributed by atoms with Crippen LogP contribution < -0.4 is 20.4 Å². The van der Waals surface area contributed by atoms with Crippen LogP contribution in [-0.2, 0) is 6.54 Å². The van der Waals surface area contributed by atoms with Crippen molar-refractivity contribution in [1.29, 1.82) is 0 Å². The summed E-state index contributed by atoms with van der Waals surface area (Å²) in [5.74, 6) is 0.798. The maximum absolute atomic E-state index is 6.43. The first kappa shape index (κ1) is 22.3. The van der Waals surface area contributed by atoms with E-state index in [1.165, 1.54) is 18.5 Å². The number of nitrogens with zero attached hydrogens (tertiary/aromatic N) is 4. The largest absolute Gasteiger partial charge is 0.371 e. The minimum absolute atomic E-state index is 0.629. The third-order valence-corrected chi connectivity index (χ3v) is 7.19. The van der Waals surface area contributed by atoms with Crippen molar-refractivity contribution in [3.05, 3.63) is 64.1 Å². The molecule has 0 spiro atoms. The molecule has 0 bridgehead atoms. The molecule has 1 aromatic heterocycles. The molecule has 0 radical (unpaired) electrons. The molecule has 3 heterocycles. The summed E-state index contributed by atoms with van der Waals surface area (Å²) in [7, 11) is 2.05. The van der Waals surface area contributed by atoms with E-state index in [9.17, 15) is 0 Å². The summed E-state index contributed by atoms with van der Waals surface area (Å²) in [6.45, 7) is 4.48. The predicted molar refractivity (Wildman–Crippen MR) is 138 cm³/mol. The van der Waals surface area contributed by atoms with Gasteiger partial charge in [0.1, 0.15) is 0 Å². The van der Waals surface area contributed by atoms with E-state index in [1.54, 1.807) is 0 Å². The molecule has 2 aliphatic rings. The SMILES string of the molecule is CNC1CCN(c2ccc(-c3cc4c(nn3)NCCN4Cc3cc(Cl)ccc3Cl)cc2)CC1. The second kappa shape index (κ2) is 9.75. The molecule has 0 unspecified atom stereocenters. The number of halogens is 2. The molecule has 1 saturated heterocycles. The summed E-state index contributed by atoms with van der Waals surface area (Å²) in [6, 6.07) is 17.0. The Morgan fingerprint density at radius 3 is 2.55 bits per heavy atom. The molecule has 33 heavy (non-hydrogen) atoms. The highest BCUT2D eigenvalue weighted by atomic mass is 35.5. The van der Waals surface area contributed by atoms with Crippen molar-refractivity contribution in [2.45, 2.75) is 25.4 Å². The van der Waals surface area contributed by atoms with E-state index in [4.69, 9.17) is 23.2 Å². The highest BCUT2D eigenvalue weighted by Gasteiger charge is 2.21. The van der Waals surface area contributed by atoms with Gasteiger partial charge in [0.15, 0.2) is 5.82 Å². The van der Waals surface area contributed by atoms with Crippen molar-refractivity contribution < 1.29 is 0 Å². The van der Waals surface area contributed by atoms with Gasteiger partial charge in [-0.2, -0.15) is 0 Å². The number of anilines is 3. The van der Waals surface area contributed by atoms with Gasteiger partial charge in [-0.15, -0.1) is 10.2 Å². The smallest absolute Gasteiger partial charge is 0.172 e. The molecule has 8 heteroatoms. The zero-order valence-electron chi connectivity index (χ0n) is 18.7. The molecule has 172 valence electrons. The minimum Gasteiger partial charge on any atom is -0.371 e. The number of fused-ring (bicyclic) bond motifs is 1. The van der Waals surface area contributed by atoms with E-state index in [1.807, 2.05) is 18.2 Å². The first-order valence-corrected chi connectivity index (χ1v) is 12.2. The van der Waals surface area contributed by atoms with Crippen LogP contribution in [0, 0.1) is 0 Å². The molecule has 1 fully saturated rings. The lowest BCUT2D eigenvalue weighted by Gasteiger charge is -2.33. The van der Waals surface area contributed by atoms with Crippen molar-refractivity contribution in [2.24, 2.45) is 0 Å². The third kappa shape index (κ3) is 4.88. The maximum Gasteiger partial charge on any atom is 0.172 e. The summed E-state index contributed by atoms with van der Waals surface area (Å²) < 4.78 is 0. The summed E-state index contributed by atoms with van der Waals surface area (Å²) in [5, 5.41) is 17.1. The highest BCUT2D eigenvalue weighted by Crippen LogP contribution is 2.33. The molecule has 2 aromatic carbocycles. The average molecular weight is 483 g/mol. The third-order valence-electron chi connectivity index (χ3n) is 6.59. The number of nitrogens with one attached hydrogen (secondary N) is 2. The number of benzene rings is 2. The predicted octanol–water partition coefficient (Wildman–Crippen LogP) is 5.07. The van der Waals surface area contributed by atoms with Crippen molar-refractivity contribution >= 4 is 40.4 Å². The van der Waals surface area contributed by atoms with Crippen LogP contribution in [0.3, 0.4) is 0 Å². The first-order chi connectivity index (χ1) is 16.1. The van der Waals surface area contributed by atoms with Crippen molar-refractivity contribution in [3.8, 4) is 11.3 Å². The topological polar surface area (TPSA) is 56.3 Å². The lowest BCUT2D eigenvalue weighted by molar-refractivity contribution is 0.442. The molecule has 5 rings (SSSR count). The van der Waals surface area contributed by atoms with Gasteiger partial charge in [0.05, 0.1) is 11.4 Å². The van der Waals surface area contributed by atoms with Gasteiger partial charge < -0.3 is 20.4 Å². The van der Waals surface area contributed by atoms with Crippen LogP contribution in [0.15, 0.2) is 48.5 Å². The maximum atomic E-state index is 6.43. The Balaban J connectivity index is 1.36. The van der Waals surface area contributed by atoms with E-state index in [0.717, 1.165) is 59.5 Å². The molecular formula is C25H28Cl2N6. The van der Waals surface area contributed by atoms with Crippen LogP contribution in [0.1, 0.15) is 18.4 Å². The summed E-state index contributed by atoms with van der Waals surface area (Å²) in [4.78, 5) is 4.73. The van der Waals surface area contributed by atoms with Gasteiger partial charge in [0, 0.05) is 60.1 Å². The van der Waals surface area contributed by atoms with Gasteiger partial charge in [-0.05, 0) is 61.9 Å². The number of hydrogen-bond donors (Lipinski definition) is 2. The van der Waals surface area contributed by atoms with E-state index < -0.39 is 0 Å². The second-order valence-corrected chi connectivity index (χ2v) is 9.49. The Bertz CT molecular complexity index is 1110. The Morgan fingerprint density at radius 2 is 1.79 bits per heavy atom. The van der Waals surface area contributed by atoms with Crippen molar-refractivity contribution in [2.75, 3.05) is 48.3 Å². The molecule has 6 nitrogen and oxygen atoms in total. The number of hydrogen-bond acceptors (Lipinski definition) is 6. The summed E-state index contributed by atoms with van der Waals surface area (Å²) >= 11 is 12.6. The quantitative estimate of drug-likeness (QED) is 0.529. The van der Waals surface area contributed by atoms with Gasteiger partial charge >= 0.3 is 0 Å². The van der Waals surface area contributed by atoms with Crippen molar-refractivity contribution in [1.82, 2.24) is 15.5 Å². The summed E-state index contributed by atoms with van der Waals surface area (Å²) in [6.07, 6.45) is 2.35. The first-order valence-electron chi connectivity index (χ1n) is 11.4. The van der Waals surface area contributed by atoms with Crippen LogP contribution >= 0.6 is 23.2 Å². The Kier molecular flexibility index (Phi) is 6.58. The van der Waals surface area contributed by atoms with Gasteiger partial charge in [0.25, 0.3) is 0 Å². The molecule has 3 aromatic rings. The van der Waals surface area contributed by atoms with Crippen LogP contribution in [0.5, 0.6) is 0 Å². The Labute approximate surface area is 204 Å². The Hall–Kier alpha value is -2.54. The van der Waals surface area contributed by atoms with Crippen molar-refractivity contribution in [3.63, 3.8) is 0 Å². The molecule has 0 amide bonds. The standard InChI is InChI=1S/C25H28Cl2N6/c1-28-20-8-11-32(12-9-20)21-5-2-17(3-6-21)23-15-24-25(31-30-23)29-10-13-33(24)16-18-14-19(26)4-7-22(18)27/h2-7,14-15,20,28H,8-13,16H2,1H3,(H,29,31). The average Bonchev–Trinajstić information content (AvgIpc) is 2.86. The van der Waals surface area contributed by atoms with E-state index in [-0.39, 0.29) is 0 Å². The molecule has 0 aliphatic carbocycles. The van der Waals surface area contributed by atoms with Gasteiger partial charge in [-0.25, -0.2) is 0 Å². The van der Waals surface area contributed by atoms with Crippen LogP contribution in [0.25, 0.3) is 11.3 Å². The van der Waals surface area contributed by atoms with E-state index >= 15 is 0 Å². The lowest BCUT2D eigenvalue weighted by Crippen LogP contribution is -2.41. The second-order valence-electron chi connectivity index (χ2n) is 8.64. The van der Waals surface area contributed by atoms with Gasteiger partial charge in [-0.1, -0.05) is 35.3 Å². The fraction of sp³-hybridized carbons (Fsp3) is 0.360. The normalized spacial score (nSPS) is 16.5. The number of piperidine rings is 1. The zero-order valence-corrected chi connectivity index (χ0v) is 20.2. The van der Waals surface area contributed by atoms with Crippen LogP contribution in [-0.4, -0.2) is 49.5 Å². The Morgan fingerprint density at radius 1 is 1.00 bits per heavy atom. The molecule has 2 aliphatic heterocycles. The van der Waals surface area contributed by atoms with Crippen LogP contribution in [0.4, 0.5) is 17.2 Å². The van der Waals surface area contributed by atoms with E-state index in [2.05, 4.69) is 68.0 Å².